The fourth-order valence-corrected chi connectivity index (χ4v) is 11.8. The minimum absolute atomic E-state index is 0.0348. The fraction of sp³-hybridized carbons (Fsp3) is 0.132. The van der Waals surface area contributed by atoms with Crippen LogP contribution in [0.2, 0.25) is 15.1 Å². The van der Waals surface area contributed by atoms with Crippen molar-refractivity contribution in [1.29, 1.82) is 0 Å². The number of carbonyl (C=O) groups is 5. The number of hydrogen-bond acceptors (Lipinski definition) is 26. The van der Waals surface area contributed by atoms with Crippen molar-refractivity contribution < 1.29 is 74.7 Å². The van der Waals surface area contributed by atoms with Gasteiger partial charge in [0, 0.05) is 105 Å². The van der Waals surface area contributed by atoms with Crippen LogP contribution in [0.5, 0.6) is 69.3 Å². The smallest absolute Gasteiger partial charge is 0.272 e. The maximum absolute atomic E-state index is 13.6. The number of rotatable bonds is 29. The summed E-state index contributed by atoms with van der Waals surface area (Å²) < 4.78 is 93.4. The van der Waals surface area contributed by atoms with Crippen LogP contribution in [-0.4, -0.2) is 118 Å². The zero-order chi connectivity index (χ0) is 88.6. The molecule has 0 bridgehead atoms. The Morgan fingerprint density at radius 1 is 0.392 bits per heavy atom. The molecule has 1 atom stereocenters. The van der Waals surface area contributed by atoms with Gasteiger partial charge in [-0.3, -0.25) is 48.6 Å². The number of carbonyl (C=O) groups excluding carboxylic acids is 5. The van der Waals surface area contributed by atoms with Crippen molar-refractivity contribution in [3.63, 3.8) is 0 Å². The maximum atomic E-state index is 13.6. The monoisotopic (exact) mass is 1750 g/mol. The lowest BCUT2D eigenvalue weighted by molar-refractivity contribution is 0.0170. The van der Waals surface area contributed by atoms with E-state index in [0.717, 1.165) is 19.2 Å². The van der Waals surface area contributed by atoms with Crippen LogP contribution >= 0.6 is 34.8 Å². The number of ketones is 5. The van der Waals surface area contributed by atoms with Gasteiger partial charge < -0.3 is 33.2 Å². The highest BCUT2D eigenvalue weighted by molar-refractivity contribution is 6.32. The second-order valence-electron chi connectivity index (χ2n) is 26.6. The van der Waals surface area contributed by atoms with Crippen LogP contribution in [-0.2, 0) is 45.1 Å². The van der Waals surface area contributed by atoms with Crippen LogP contribution in [0.15, 0.2) is 282 Å². The largest absolute Gasteiger partial charge is 0.481 e. The molecule has 125 heavy (non-hydrogen) atoms. The number of benzene rings is 5. The van der Waals surface area contributed by atoms with Crippen LogP contribution < -0.4 is 33.2 Å². The molecule has 0 saturated heterocycles. The molecule has 0 radical (unpaired) electrons. The van der Waals surface area contributed by atoms with Crippen LogP contribution in [0.4, 0.5) is 17.6 Å². The summed E-state index contributed by atoms with van der Waals surface area (Å²) in [6.07, 6.45) is 21.1. The topological polar surface area (TPSA) is 335 Å². The molecule has 0 saturated carbocycles. The van der Waals surface area contributed by atoms with Crippen LogP contribution in [0.25, 0.3) is 0 Å². The molecule has 34 heteroatoms. The molecule has 1 unspecified atom stereocenters. The number of alkyl halides is 3. The predicted octanol–water partition coefficient (Wildman–Crippen LogP) is 19.6. The summed E-state index contributed by atoms with van der Waals surface area (Å²) in [5.74, 6) is 1.74. The van der Waals surface area contributed by atoms with E-state index < -0.39 is 17.9 Å². The maximum Gasteiger partial charge on any atom is 0.272 e. The lowest BCUT2D eigenvalue weighted by Gasteiger charge is -2.10. The SMILES string of the molecule is CC(F)(F)c1ccc(CC(=O)c2cc(Cl)cc(Oc3cncnc3)c2)nc1.CC(F)c1nc(CC(=O)c2cc(Cl)cc(Oc3cncnc3)c2)ccc1F.COc1cccc(CC(=O)c2cc(Cl)cc(Oc3cncnc3)c2)n1.COc1cccc(CC(=O)c2cccc(Oc3cccnc3)c2)n1.Cn1cnc(CC(=O)c2cccc(Oc3cccnc3)c2)n1. The Morgan fingerprint density at radius 2 is 0.760 bits per heavy atom. The van der Waals surface area contributed by atoms with Crippen molar-refractivity contribution in [3.05, 3.63) is 370 Å². The summed E-state index contributed by atoms with van der Waals surface area (Å²) >= 11 is 18.3. The molecular formula is C91H72Cl3F4N15O12. The minimum Gasteiger partial charge on any atom is -0.481 e. The molecule has 27 nitrogen and oxygen atoms in total. The average Bonchev–Trinajstić information content (AvgIpc) is 1.13. The predicted molar refractivity (Wildman–Crippen MR) is 452 cm³/mol. The van der Waals surface area contributed by atoms with Crippen molar-refractivity contribution in [2.24, 2.45) is 7.05 Å². The zero-order valence-corrected chi connectivity index (χ0v) is 69.2. The van der Waals surface area contributed by atoms with E-state index >= 15 is 0 Å². The Balaban J connectivity index is 0.000000152. The number of ether oxygens (including phenoxy) is 7. The van der Waals surface area contributed by atoms with Gasteiger partial charge in [0.2, 0.25) is 11.8 Å². The number of aryl methyl sites for hydroxylation is 1. The van der Waals surface area contributed by atoms with E-state index in [0.29, 0.717) is 129 Å². The van der Waals surface area contributed by atoms with Crippen LogP contribution in [0, 0.1) is 5.82 Å². The second kappa shape index (κ2) is 45.0. The molecule has 0 aliphatic carbocycles. The summed E-state index contributed by atoms with van der Waals surface area (Å²) in [6, 6.07) is 51.1. The van der Waals surface area contributed by atoms with Gasteiger partial charge in [-0.05, 0) is 146 Å². The highest BCUT2D eigenvalue weighted by Gasteiger charge is 2.25. The number of aromatic nitrogens is 15. The van der Waals surface area contributed by atoms with E-state index in [2.05, 4.69) is 69.9 Å². The molecule has 0 aliphatic rings. The van der Waals surface area contributed by atoms with Gasteiger partial charge in [0.25, 0.3) is 5.92 Å². The van der Waals surface area contributed by atoms with Gasteiger partial charge in [0.15, 0.2) is 52.0 Å². The third-order valence-electron chi connectivity index (χ3n) is 16.9. The average molecular weight is 1750 g/mol. The van der Waals surface area contributed by atoms with Crippen molar-refractivity contribution in [1.82, 2.24) is 74.6 Å². The molecular weight excluding hydrogens is 1680 g/mol. The van der Waals surface area contributed by atoms with Crippen LogP contribution in [0.3, 0.4) is 0 Å². The van der Waals surface area contributed by atoms with Gasteiger partial charge in [-0.1, -0.05) is 71.2 Å². The highest BCUT2D eigenvalue weighted by Crippen LogP contribution is 2.33. The lowest BCUT2D eigenvalue weighted by atomic mass is 10.0. The Kier molecular flexibility index (Phi) is 32.6. The summed E-state index contributed by atoms with van der Waals surface area (Å²) in [5, 5.41) is 5.14. The van der Waals surface area contributed by atoms with Crippen molar-refractivity contribution in [3.8, 4) is 69.3 Å². The molecule has 0 amide bonds. The molecule has 0 fully saturated rings. The first-order valence-corrected chi connectivity index (χ1v) is 38.6. The lowest BCUT2D eigenvalue weighted by Crippen LogP contribution is -2.09. The van der Waals surface area contributed by atoms with Gasteiger partial charge in [-0.15, -0.1) is 0 Å². The summed E-state index contributed by atoms with van der Waals surface area (Å²) in [6.45, 7) is 1.98. The number of nitrogens with zero attached hydrogens (tertiary/aromatic N) is 15. The fourth-order valence-electron chi connectivity index (χ4n) is 11.1. The molecule has 632 valence electrons. The number of halogens is 7. The van der Waals surface area contributed by atoms with E-state index in [1.54, 1.807) is 177 Å². The number of Topliss-reactive ketones (excluding diaryl/α,β-unsaturated/α-hetero) is 5. The van der Waals surface area contributed by atoms with E-state index in [1.807, 2.05) is 12.1 Å². The molecule has 5 aromatic carbocycles. The summed E-state index contributed by atoms with van der Waals surface area (Å²) in [7, 11) is 4.85. The van der Waals surface area contributed by atoms with Gasteiger partial charge in [0.05, 0.1) is 107 Å². The summed E-state index contributed by atoms with van der Waals surface area (Å²) in [4.78, 5) is 114. The standard InChI is InChI=1S/2C19H14ClF2N3O2.C19H16N2O3.C18H14ClN3O3.C16H14N4O2/c1-19(21,22)13-2-3-15(25-8-13)7-18(26)12-4-14(20)6-16(5-12)27-17-9-23-11-24-10-17;1-11(21)19-17(22)3-2-14(25-19)7-18(26)12-4-13(20)6-15(5-12)27-16-8-23-10-24-9-16;1-23-19-9-3-6-15(21-19)12-18(22)14-5-2-7-16(11-14)24-17-8-4-10-20-13-17;1-24-18-4-2-3-14(22-18)8-17(23)12-5-13(19)7-15(6-12)25-16-9-20-11-21-10-16;1-20-11-18-16(19-20)9-15(21)12-4-2-5-13(8-12)22-14-6-3-7-17-10-14/h2*2-6,8-11H,7H2,1H3;2-11,13H,12H2,1H3;2-7,9-11H,8H2,1H3;2-8,10-11H,9H2,1H3. The molecule has 0 aliphatic heterocycles. The first kappa shape index (κ1) is 90.7. The molecule has 0 N–H and O–H groups in total. The number of hydrogen-bond donors (Lipinski definition) is 0. The molecule has 15 rings (SSSR count). The van der Waals surface area contributed by atoms with Gasteiger partial charge in [0.1, 0.15) is 83.2 Å². The normalized spacial score (nSPS) is 10.8. The number of pyridine rings is 6. The van der Waals surface area contributed by atoms with Crippen LogP contribution in [0.1, 0.15) is 112 Å². The number of methoxy groups -OCH3 is 2. The Labute approximate surface area is 727 Å². The van der Waals surface area contributed by atoms with Gasteiger partial charge in [-0.2, -0.15) is 5.10 Å². The summed E-state index contributed by atoms with van der Waals surface area (Å²) in [5.41, 5.74) is 3.57. The van der Waals surface area contributed by atoms with E-state index in [9.17, 15) is 41.5 Å². The van der Waals surface area contributed by atoms with E-state index in [1.165, 1.54) is 113 Å². The molecule has 0 spiro atoms. The quantitative estimate of drug-likeness (QED) is 0.0310. The van der Waals surface area contributed by atoms with Gasteiger partial charge in [-0.25, -0.2) is 62.4 Å². The Hall–Kier alpha value is -15.1. The third-order valence-corrected chi connectivity index (χ3v) is 17.6. The van der Waals surface area contributed by atoms with Gasteiger partial charge >= 0.3 is 0 Å². The highest BCUT2D eigenvalue weighted by atomic mass is 35.5. The Bertz CT molecular complexity index is 6150. The second-order valence-corrected chi connectivity index (χ2v) is 27.9. The van der Waals surface area contributed by atoms with Crippen molar-refractivity contribution in [2.75, 3.05) is 14.2 Å². The molecule has 10 aromatic heterocycles. The zero-order valence-electron chi connectivity index (χ0n) is 66.9. The van der Waals surface area contributed by atoms with E-state index in [4.69, 9.17) is 68.0 Å². The third kappa shape index (κ3) is 29.1. The first-order valence-electron chi connectivity index (χ1n) is 37.5. The Morgan fingerprint density at radius 3 is 1.14 bits per heavy atom. The molecule has 10 heterocycles. The van der Waals surface area contributed by atoms with Crippen molar-refractivity contribution in [2.45, 2.75) is 58.0 Å². The minimum atomic E-state index is -2.98. The molecule has 15 aromatic rings. The van der Waals surface area contributed by atoms with Crippen molar-refractivity contribution >= 4 is 63.7 Å². The first-order chi connectivity index (χ1) is 60.3. The van der Waals surface area contributed by atoms with E-state index in [-0.39, 0.29) is 83.5 Å².